The van der Waals surface area contributed by atoms with Crippen LogP contribution in [-0.2, 0) is 0 Å². The van der Waals surface area contributed by atoms with Gasteiger partial charge >= 0.3 is 0 Å². The Labute approximate surface area is 215 Å². The Hall–Kier alpha value is -3.98. The summed E-state index contributed by atoms with van der Waals surface area (Å²) in [5.41, 5.74) is 4.53. The van der Waals surface area contributed by atoms with Crippen molar-refractivity contribution in [2.75, 3.05) is 18.4 Å². The van der Waals surface area contributed by atoms with E-state index >= 15 is 0 Å². The molecule has 8 nitrogen and oxygen atoms in total. The van der Waals surface area contributed by atoms with Crippen LogP contribution in [0.5, 0.6) is 11.6 Å². The Kier molecular flexibility index (Phi) is 7.05. The second-order valence-electron chi connectivity index (χ2n) is 9.45. The number of aromatic nitrogens is 3. The third-order valence-corrected chi connectivity index (χ3v) is 6.29. The molecule has 0 bridgehead atoms. The molecule has 5 rings (SSSR count). The summed E-state index contributed by atoms with van der Waals surface area (Å²) in [5.74, 6) is 0.214. The minimum atomic E-state index is -0.388. The second-order valence-corrected chi connectivity index (χ2v) is 9.45. The highest BCUT2D eigenvalue weighted by Crippen LogP contribution is 2.30. The third kappa shape index (κ3) is 5.72. The summed E-state index contributed by atoms with van der Waals surface area (Å²) < 4.78 is 21.4. The van der Waals surface area contributed by atoms with E-state index in [0.29, 0.717) is 35.4 Å². The Morgan fingerprint density at radius 3 is 2.78 bits per heavy atom. The molecule has 1 saturated carbocycles. The number of fused-ring (bicyclic) bond motifs is 1. The number of aryl methyl sites for hydroxylation is 1. The summed E-state index contributed by atoms with van der Waals surface area (Å²) >= 11 is 0. The van der Waals surface area contributed by atoms with Crippen molar-refractivity contribution in [3.63, 3.8) is 0 Å². The van der Waals surface area contributed by atoms with Crippen molar-refractivity contribution >= 4 is 17.2 Å². The van der Waals surface area contributed by atoms with Gasteiger partial charge in [0, 0.05) is 41.9 Å². The van der Waals surface area contributed by atoms with Gasteiger partial charge in [0.15, 0.2) is 5.65 Å². The number of halogens is 1. The van der Waals surface area contributed by atoms with Crippen molar-refractivity contribution in [1.29, 1.82) is 0 Å². The number of imidazole rings is 1. The molecule has 1 unspecified atom stereocenters. The van der Waals surface area contributed by atoms with Crippen molar-refractivity contribution < 1.29 is 13.9 Å². The molecule has 1 amide bonds. The van der Waals surface area contributed by atoms with Crippen LogP contribution in [0.1, 0.15) is 42.6 Å². The largest absolute Gasteiger partial charge is 0.437 e. The predicted molar refractivity (Wildman–Crippen MR) is 142 cm³/mol. The van der Waals surface area contributed by atoms with Crippen molar-refractivity contribution in [2.24, 2.45) is 0 Å². The van der Waals surface area contributed by atoms with E-state index in [1.807, 2.05) is 25.1 Å². The van der Waals surface area contributed by atoms with Gasteiger partial charge in [0.1, 0.15) is 11.6 Å². The molecule has 4 aromatic rings. The fraction of sp³-hybridized carbons (Fsp3) is 0.321. The molecule has 0 spiro atoms. The van der Waals surface area contributed by atoms with Gasteiger partial charge in [-0.05, 0) is 63.1 Å². The van der Waals surface area contributed by atoms with Gasteiger partial charge < -0.3 is 20.7 Å². The predicted octanol–water partition coefficient (Wildman–Crippen LogP) is 4.94. The molecular formula is C28H31FN6O2. The smallest absolute Gasteiger partial charge is 0.251 e. The Bertz CT molecular complexity index is 1430. The number of benzene rings is 2. The molecule has 9 heteroatoms. The second kappa shape index (κ2) is 10.6. The fourth-order valence-corrected chi connectivity index (χ4v) is 4.23. The van der Waals surface area contributed by atoms with Gasteiger partial charge in [-0.15, -0.1) is 5.10 Å². The number of hydrogen-bond donors (Lipinski definition) is 3. The summed E-state index contributed by atoms with van der Waals surface area (Å²) in [7, 11) is 0. The van der Waals surface area contributed by atoms with Crippen LogP contribution in [0.4, 0.5) is 10.1 Å². The van der Waals surface area contributed by atoms with Gasteiger partial charge in [-0.3, -0.25) is 4.79 Å². The summed E-state index contributed by atoms with van der Waals surface area (Å²) in [6, 6.07) is 14.0. The maximum Gasteiger partial charge on any atom is 0.251 e. The number of carbonyl (C=O) groups is 1. The molecule has 1 aliphatic carbocycles. The Morgan fingerprint density at radius 2 is 2.05 bits per heavy atom. The monoisotopic (exact) mass is 502 g/mol. The van der Waals surface area contributed by atoms with E-state index in [2.05, 4.69) is 39.9 Å². The minimum absolute atomic E-state index is 0.0464. The van der Waals surface area contributed by atoms with Crippen LogP contribution in [0.25, 0.3) is 16.9 Å². The minimum Gasteiger partial charge on any atom is -0.437 e. The molecule has 1 aliphatic rings. The number of nitrogens with zero attached hydrogens (tertiary/aromatic N) is 3. The van der Waals surface area contributed by atoms with Gasteiger partial charge in [-0.1, -0.05) is 19.1 Å². The van der Waals surface area contributed by atoms with E-state index < -0.39 is 0 Å². The van der Waals surface area contributed by atoms with E-state index in [1.54, 1.807) is 28.9 Å². The van der Waals surface area contributed by atoms with Crippen LogP contribution in [0, 0.1) is 12.7 Å². The SMILES string of the molecule is CCNC(C)CNc1cc(Oc2cccc(F)c2)nn2c(-c3ccc(C(=O)NC4CC4)c(C)c3)cnc12. The van der Waals surface area contributed by atoms with E-state index in [-0.39, 0.29) is 17.8 Å². The quantitative estimate of drug-likeness (QED) is 0.285. The summed E-state index contributed by atoms with van der Waals surface area (Å²) in [4.78, 5) is 17.2. The molecule has 2 aromatic heterocycles. The first kappa shape index (κ1) is 24.7. The molecule has 2 aromatic carbocycles. The number of anilines is 1. The molecule has 1 fully saturated rings. The molecule has 0 saturated heterocycles. The number of nitrogens with one attached hydrogen (secondary N) is 3. The highest BCUT2D eigenvalue weighted by atomic mass is 19.1. The van der Waals surface area contributed by atoms with Crippen LogP contribution < -0.4 is 20.7 Å². The van der Waals surface area contributed by atoms with Crippen molar-refractivity contribution in [3.05, 3.63) is 71.7 Å². The van der Waals surface area contributed by atoms with Gasteiger partial charge in [0.2, 0.25) is 5.88 Å². The zero-order chi connectivity index (χ0) is 25.9. The van der Waals surface area contributed by atoms with Gasteiger partial charge in [-0.2, -0.15) is 0 Å². The summed E-state index contributed by atoms with van der Waals surface area (Å²) in [6.07, 6.45) is 3.84. The van der Waals surface area contributed by atoms with E-state index in [1.165, 1.54) is 12.1 Å². The van der Waals surface area contributed by atoms with E-state index in [4.69, 9.17) is 4.74 Å². The third-order valence-electron chi connectivity index (χ3n) is 6.29. The molecule has 0 aliphatic heterocycles. The molecule has 192 valence electrons. The van der Waals surface area contributed by atoms with Gasteiger partial charge in [0.05, 0.1) is 17.6 Å². The lowest BCUT2D eigenvalue weighted by Gasteiger charge is -2.16. The number of ether oxygens (including phenoxy) is 1. The summed E-state index contributed by atoms with van der Waals surface area (Å²) in [5, 5.41) is 14.5. The lowest BCUT2D eigenvalue weighted by Crippen LogP contribution is -2.32. The van der Waals surface area contributed by atoms with Crippen LogP contribution in [0.15, 0.2) is 54.7 Å². The van der Waals surface area contributed by atoms with Crippen molar-refractivity contribution in [3.8, 4) is 22.9 Å². The zero-order valence-corrected chi connectivity index (χ0v) is 21.2. The first-order chi connectivity index (χ1) is 17.9. The number of amides is 1. The van der Waals surface area contributed by atoms with Crippen LogP contribution in [0.2, 0.25) is 0 Å². The normalized spacial score (nSPS) is 13.9. The average Bonchev–Trinajstić information content (AvgIpc) is 3.57. The first-order valence-electron chi connectivity index (χ1n) is 12.6. The molecule has 1 atom stereocenters. The number of carbonyl (C=O) groups excluding carboxylic acids is 1. The average molecular weight is 503 g/mol. The number of likely N-dealkylation sites (N-methyl/N-ethyl adjacent to an activating group) is 1. The molecule has 0 radical (unpaired) electrons. The molecular weight excluding hydrogens is 471 g/mol. The van der Waals surface area contributed by atoms with Crippen LogP contribution in [-0.4, -0.2) is 45.7 Å². The maximum absolute atomic E-state index is 13.8. The van der Waals surface area contributed by atoms with Crippen molar-refractivity contribution in [1.82, 2.24) is 25.2 Å². The molecule has 37 heavy (non-hydrogen) atoms. The van der Waals surface area contributed by atoms with Crippen LogP contribution in [0.3, 0.4) is 0 Å². The highest BCUT2D eigenvalue weighted by molar-refractivity contribution is 5.96. The fourth-order valence-electron chi connectivity index (χ4n) is 4.23. The Morgan fingerprint density at radius 1 is 1.22 bits per heavy atom. The van der Waals surface area contributed by atoms with Gasteiger partial charge in [0.25, 0.3) is 5.91 Å². The van der Waals surface area contributed by atoms with E-state index in [0.717, 1.165) is 41.9 Å². The molecule has 3 N–H and O–H groups in total. The maximum atomic E-state index is 13.8. The van der Waals surface area contributed by atoms with Gasteiger partial charge in [-0.25, -0.2) is 13.9 Å². The standard InChI is InChI=1S/C28H31FN6O2/c1-4-30-18(3)15-31-24-14-26(37-22-7-5-6-20(29)13-22)34-35-25(16-32-27(24)35)19-8-11-23(17(2)12-19)28(36)33-21-9-10-21/h5-8,11-14,16,18,21,30-31H,4,9-10,15H2,1-3H3,(H,33,36). The highest BCUT2D eigenvalue weighted by Gasteiger charge is 2.24. The van der Waals surface area contributed by atoms with E-state index in [9.17, 15) is 9.18 Å². The first-order valence-corrected chi connectivity index (χ1v) is 12.6. The zero-order valence-electron chi connectivity index (χ0n) is 21.2. The lowest BCUT2D eigenvalue weighted by atomic mass is 10.0. The Balaban J connectivity index is 1.51. The molecule has 2 heterocycles. The van der Waals surface area contributed by atoms with Crippen molar-refractivity contribution in [2.45, 2.75) is 45.7 Å². The number of rotatable bonds is 10. The topological polar surface area (TPSA) is 92.6 Å². The van der Waals surface area contributed by atoms with Crippen LogP contribution >= 0.6 is 0 Å². The lowest BCUT2D eigenvalue weighted by molar-refractivity contribution is 0.0950. The number of hydrogen-bond acceptors (Lipinski definition) is 6. The summed E-state index contributed by atoms with van der Waals surface area (Å²) in [6.45, 7) is 7.62.